The van der Waals surface area contributed by atoms with Crippen molar-refractivity contribution >= 4 is 23.2 Å². The van der Waals surface area contributed by atoms with Crippen LogP contribution in [0.1, 0.15) is 25.0 Å². The number of aliphatic hydroxyl groups excluding tert-OH is 3. The van der Waals surface area contributed by atoms with E-state index in [1.165, 1.54) is 0 Å². The van der Waals surface area contributed by atoms with Crippen molar-refractivity contribution in [2.45, 2.75) is 37.6 Å². The van der Waals surface area contributed by atoms with Gasteiger partial charge in [0.05, 0.1) is 31.1 Å². The highest BCUT2D eigenvalue weighted by molar-refractivity contribution is 6.18. The average molecular weight is 487 g/mol. The lowest BCUT2D eigenvalue weighted by Gasteiger charge is -2.26. The third kappa shape index (κ3) is 8.43. The molecule has 0 saturated carbocycles. The summed E-state index contributed by atoms with van der Waals surface area (Å²) < 4.78 is 16.4. The van der Waals surface area contributed by atoms with E-state index >= 15 is 0 Å². The van der Waals surface area contributed by atoms with Gasteiger partial charge in [-0.3, -0.25) is 0 Å². The summed E-state index contributed by atoms with van der Waals surface area (Å²) in [6.07, 6.45) is -2.24. The number of hydrogen-bond donors (Lipinski definition) is 3. The number of aliphatic hydroxyl groups is 3. The smallest absolute Gasteiger partial charge is 0.119 e. The molecule has 32 heavy (non-hydrogen) atoms. The van der Waals surface area contributed by atoms with Gasteiger partial charge in [-0.2, -0.15) is 0 Å². The molecular formula is C24H32Cl2O6. The Bertz CT molecular complexity index is 782. The van der Waals surface area contributed by atoms with Gasteiger partial charge < -0.3 is 29.5 Å². The molecule has 3 N–H and O–H groups in total. The summed E-state index contributed by atoms with van der Waals surface area (Å²) >= 11 is 11.1. The van der Waals surface area contributed by atoms with Crippen LogP contribution in [0.25, 0.3) is 0 Å². The summed E-state index contributed by atoms with van der Waals surface area (Å²) in [7, 11) is 0. The zero-order valence-electron chi connectivity index (χ0n) is 18.4. The molecule has 178 valence electrons. The van der Waals surface area contributed by atoms with Gasteiger partial charge in [-0.1, -0.05) is 38.1 Å². The van der Waals surface area contributed by atoms with Crippen LogP contribution in [0.5, 0.6) is 11.5 Å². The van der Waals surface area contributed by atoms with Gasteiger partial charge in [0, 0.05) is 5.41 Å². The minimum atomic E-state index is -0.806. The van der Waals surface area contributed by atoms with Gasteiger partial charge in [0.15, 0.2) is 0 Å². The van der Waals surface area contributed by atoms with Gasteiger partial charge in [-0.05, 0) is 35.4 Å². The molecule has 2 rings (SSSR count). The van der Waals surface area contributed by atoms with Crippen LogP contribution in [-0.4, -0.2) is 71.8 Å². The van der Waals surface area contributed by atoms with E-state index in [-0.39, 0.29) is 43.6 Å². The largest absolute Gasteiger partial charge is 0.491 e. The van der Waals surface area contributed by atoms with Crippen molar-refractivity contribution in [3.8, 4) is 11.5 Å². The molecule has 0 saturated heterocycles. The highest BCUT2D eigenvalue weighted by atomic mass is 35.5. The van der Waals surface area contributed by atoms with Crippen molar-refractivity contribution in [3.63, 3.8) is 0 Å². The Morgan fingerprint density at radius 2 is 1.03 bits per heavy atom. The lowest BCUT2D eigenvalue weighted by Crippen LogP contribution is -2.26. The lowest BCUT2D eigenvalue weighted by atomic mass is 9.78. The molecule has 0 aliphatic rings. The molecule has 3 atom stereocenters. The van der Waals surface area contributed by atoms with Crippen molar-refractivity contribution in [2.24, 2.45) is 0 Å². The van der Waals surface area contributed by atoms with E-state index in [9.17, 15) is 15.3 Å². The van der Waals surface area contributed by atoms with Gasteiger partial charge in [0.2, 0.25) is 0 Å². The van der Waals surface area contributed by atoms with Crippen molar-refractivity contribution < 1.29 is 29.5 Å². The van der Waals surface area contributed by atoms with E-state index in [2.05, 4.69) is 13.8 Å². The summed E-state index contributed by atoms with van der Waals surface area (Å²) in [5.74, 6) is 1.55. The second kappa shape index (κ2) is 13.2. The predicted octanol–water partition coefficient (Wildman–Crippen LogP) is 3.35. The van der Waals surface area contributed by atoms with E-state index in [1.54, 1.807) is 0 Å². The molecule has 0 aliphatic heterocycles. The Labute approximate surface area is 199 Å². The third-order valence-corrected chi connectivity index (χ3v) is 5.73. The zero-order chi connectivity index (χ0) is 23.6. The first kappa shape index (κ1) is 26.7. The van der Waals surface area contributed by atoms with Gasteiger partial charge in [-0.15, -0.1) is 23.2 Å². The first-order valence-corrected chi connectivity index (χ1v) is 11.5. The average Bonchev–Trinajstić information content (AvgIpc) is 2.81. The normalized spacial score (nSPS) is 14.6. The molecule has 8 heteroatoms. The first-order chi connectivity index (χ1) is 15.3. The topological polar surface area (TPSA) is 88.4 Å². The van der Waals surface area contributed by atoms with Crippen molar-refractivity contribution in [3.05, 3.63) is 59.7 Å². The fraction of sp³-hybridized carbons (Fsp3) is 0.500. The number of benzene rings is 2. The maximum Gasteiger partial charge on any atom is 0.119 e. The quantitative estimate of drug-likeness (QED) is 0.355. The number of alkyl halides is 2. The van der Waals surface area contributed by atoms with Gasteiger partial charge >= 0.3 is 0 Å². The van der Waals surface area contributed by atoms with Gasteiger partial charge in [0.1, 0.15) is 36.9 Å². The fourth-order valence-electron chi connectivity index (χ4n) is 2.96. The second-order valence-electron chi connectivity index (χ2n) is 8.10. The van der Waals surface area contributed by atoms with Crippen molar-refractivity contribution in [1.29, 1.82) is 0 Å². The van der Waals surface area contributed by atoms with Crippen molar-refractivity contribution in [2.75, 3.05) is 38.2 Å². The Kier molecular flexibility index (Phi) is 11.0. The van der Waals surface area contributed by atoms with Gasteiger partial charge in [0.25, 0.3) is 0 Å². The van der Waals surface area contributed by atoms with Crippen molar-refractivity contribution in [1.82, 2.24) is 0 Å². The van der Waals surface area contributed by atoms with Crippen LogP contribution in [0, 0.1) is 0 Å². The molecule has 0 fully saturated rings. The summed E-state index contributed by atoms with van der Waals surface area (Å²) in [6, 6.07) is 15.5. The zero-order valence-corrected chi connectivity index (χ0v) is 19.9. The Morgan fingerprint density at radius 3 is 1.47 bits per heavy atom. The molecule has 0 radical (unpaired) electrons. The summed E-state index contributed by atoms with van der Waals surface area (Å²) in [6.45, 7) is 4.64. The minimum absolute atomic E-state index is 0.0591. The van der Waals surface area contributed by atoms with Crippen LogP contribution in [0.15, 0.2) is 48.5 Å². The molecule has 3 unspecified atom stereocenters. The SMILES string of the molecule is CC(C)(c1ccc(OCC(O)CCl)cc1)c1ccc(OCC(O)COCC(O)CCl)cc1. The van der Waals surface area contributed by atoms with E-state index in [0.29, 0.717) is 11.5 Å². The fourth-order valence-corrected chi connectivity index (χ4v) is 3.14. The summed E-state index contributed by atoms with van der Waals surface area (Å²) in [4.78, 5) is 0. The summed E-state index contributed by atoms with van der Waals surface area (Å²) in [5, 5.41) is 28.8. The Morgan fingerprint density at radius 1 is 0.656 bits per heavy atom. The molecule has 0 aromatic heterocycles. The Hall–Kier alpha value is -1.54. The lowest BCUT2D eigenvalue weighted by molar-refractivity contribution is -0.0156. The van der Waals surface area contributed by atoms with Crippen LogP contribution in [0.4, 0.5) is 0 Å². The maximum absolute atomic E-state index is 9.94. The van der Waals surface area contributed by atoms with E-state index in [0.717, 1.165) is 11.1 Å². The molecule has 6 nitrogen and oxygen atoms in total. The van der Waals surface area contributed by atoms with E-state index < -0.39 is 18.3 Å². The number of rotatable bonds is 14. The van der Waals surface area contributed by atoms with Crippen LogP contribution < -0.4 is 9.47 Å². The number of ether oxygens (including phenoxy) is 3. The standard InChI is InChI=1S/C24H32Cl2O6/c1-24(2,17-3-7-22(8-4-17)31-15-20(28)12-26)18-5-9-23(10-6-18)32-16-21(29)14-30-13-19(27)11-25/h3-10,19-21,27-29H,11-16H2,1-2H3. The molecule has 2 aromatic rings. The van der Waals surface area contributed by atoms with E-state index in [4.69, 9.17) is 37.4 Å². The van der Waals surface area contributed by atoms with Gasteiger partial charge in [-0.25, -0.2) is 0 Å². The van der Waals surface area contributed by atoms with Crippen LogP contribution in [0.3, 0.4) is 0 Å². The maximum atomic E-state index is 9.94. The molecule has 0 heterocycles. The monoisotopic (exact) mass is 486 g/mol. The molecule has 0 aliphatic carbocycles. The third-order valence-electron chi connectivity index (χ3n) is 5.01. The molecule has 0 amide bonds. The molecule has 0 spiro atoms. The van der Waals surface area contributed by atoms with E-state index in [1.807, 2.05) is 48.5 Å². The summed E-state index contributed by atoms with van der Waals surface area (Å²) in [5.41, 5.74) is 1.97. The molecular weight excluding hydrogens is 455 g/mol. The molecule has 2 aromatic carbocycles. The van der Waals surface area contributed by atoms with Crippen LogP contribution in [0.2, 0.25) is 0 Å². The predicted molar refractivity (Wildman–Crippen MR) is 126 cm³/mol. The number of halogens is 2. The van der Waals surface area contributed by atoms with Crippen LogP contribution >= 0.6 is 23.2 Å². The minimum Gasteiger partial charge on any atom is -0.491 e. The Balaban J connectivity index is 1.89. The first-order valence-electron chi connectivity index (χ1n) is 10.5. The molecule has 0 bridgehead atoms. The van der Waals surface area contributed by atoms with Crippen LogP contribution in [-0.2, 0) is 10.2 Å². The number of hydrogen-bond acceptors (Lipinski definition) is 6. The highest BCUT2D eigenvalue weighted by Gasteiger charge is 2.23. The second-order valence-corrected chi connectivity index (χ2v) is 8.72. The highest BCUT2D eigenvalue weighted by Crippen LogP contribution is 2.33.